The molecule has 2 fully saturated rings. The minimum Gasteiger partial charge on any atom is -0.447 e. The molecule has 1 saturated carbocycles. The number of cyclic esters (lactones) is 1. The highest BCUT2D eigenvalue weighted by Crippen LogP contribution is 2.33. The van der Waals surface area contributed by atoms with Crippen LogP contribution in [-0.4, -0.2) is 29.5 Å². The average molecular weight is 301 g/mol. The van der Waals surface area contributed by atoms with Crippen molar-refractivity contribution in [3.8, 4) is 0 Å². The summed E-state index contributed by atoms with van der Waals surface area (Å²) in [7, 11) is 0. The van der Waals surface area contributed by atoms with E-state index in [1.807, 2.05) is 37.3 Å². The molecule has 118 valence electrons. The number of amides is 2. The largest absolute Gasteiger partial charge is 0.447 e. The maximum Gasteiger partial charge on any atom is 0.416 e. The van der Waals surface area contributed by atoms with Gasteiger partial charge in [0.2, 0.25) is 5.91 Å². The molecule has 4 nitrogen and oxygen atoms in total. The van der Waals surface area contributed by atoms with E-state index in [2.05, 4.69) is 0 Å². The number of rotatable bonds is 5. The fraction of sp³-hybridized carbons (Fsp3) is 0.556. The molecular weight excluding hydrogens is 278 g/mol. The fourth-order valence-electron chi connectivity index (χ4n) is 3.33. The lowest BCUT2D eigenvalue weighted by Gasteiger charge is -2.29. The Bertz CT molecular complexity index is 539. The van der Waals surface area contributed by atoms with Crippen LogP contribution in [0.1, 0.15) is 38.2 Å². The van der Waals surface area contributed by atoms with E-state index in [1.165, 1.54) is 24.2 Å². The topological polar surface area (TPSA) is 46.6 Å². The van der Waals surface area contributed by atoms with Gasteiger partial charge in [-0.3, -0.25) is 4.79 Å². The van der Waals surface area contributed by atoms with E-state index in [0.29, 0.717) is 18.9 Å². The molecule has 1 aliphatic heterocycles. The van der Waals surface area contributed by atoms with Crippen LogP contribution in [0.15, 0.2) is 30.3 Å². The summed E-state index contributed by atoms with van der Waals surface area (Å²) in [5, 5.41) is 0. The highest BCUT2D eigenvalue weighted by atomic mass is 16.6. The summed E-state index contributed by atoms with van der Waals surface area (Å²) in [5.41, 5.74) is 1.12. The molecule has 0 N–H and O–H groups in total. The summed E-state index contributed by atoms with van der Waals surface area (Å²) in [5.74, 6) is 0.481. The third-order valence-electron chi connectivity index (χ3n) is 4.85. The molecular formula is C18H23NO3. The summed E-state index contributed by atoms with van der Waals surface area (Å²) in [6.07, 6.45) is 4.78. The summed E-state index contributed by atoms with van der Waals surface area (Å²) in [6.45, 7) is 2.24. The van der Waals surface area contributed by atoms with Gasteiger partial charge in [-0.15, -0.1) is 0 Å². The van der Waals surface area contributed by atoms with Gasteiger partial charge in [0.1, 0.15) is 6.61 Å². The summed E-state index contributed by atoms with van der Waals surface area (Å²) < 4.78 is 5.13. The highest BCUT2D eigenvalue weighted by Gasteiger charge is 2.40. The number of hydrogen-bond acceptors (Lipinski definition) is 3. The van der Waals surface area contributed by atoms with Crippen molar-refractivity contribution in [1.29, 1.82) is 0 Å². The normalized spacial score (nSPS) is 23.0. The average Bonchev–Trinajstić information content (AvgIpc) is 2.84. The first-order valence-electron chi connectivity index (χ1n) is 8.19. The lowest BCUT2D eigenvalue weighted by atomic mass is 9.79. The van der Waals surface area contributed by atoms with Crippen molar-refractivity contribution in [3.05, 3.63) is 35.9 Å². The van der Waals surface area contributed by atoms with Gasteiger partial charge in [0.15, 0.2) is 0 Å². The van der Waals surface area contributed by atoms with Crippen molar-refractivity contribution in [2.45, 2.75) is 45.1 Å². The Labute approximate surface area is 131 Å². The number of ether oxygens (including phenoxy) is 1. The second-order valence-electron chi connectivity index (χ2n) is 6.56. The van der Waals surface area contributed by atoms with Gasteiger partial charge in [0.05, 0.1) is 6.04 Å². The lowest BCUT2D eigenvalue weighted by Crippen LogP contribution is -2.43. The minimum atomic E-state index is -0.480. The molecule has 22 heavy (non-hydrogen) atoms. The quantitative estimate of drug-likeness (QED) is 0.837. The Hall–Kier alpha value is -1.84. The fourth-order valence-corrected chi connectivity index (χ4v) is 3.33. The molecule has 0 spiro atoms. The molecule has 1 aromatic rings. The van der Waals surface area contributed by atoms with E-state index in [0.717, 1.165) is 12.0 Å². The Kier molecular flexibility index (Phi) is 4.46. The van der Waals surface area contributed by atoms with Crippen molar-refractivity contribution < 1.29 is 14.3 Å². The predicted molar refractivity (Wildman–Crippen MR) is 83.3 cm³/mol. The molecule has 2 aliphatic rings. The molecule has 1 heterocycles. The number of carbonyl (C=O) groups excluding carboxylic acids is 2. The summed E-state index contributed by atoms with van der Waals surface area (Å²) in [6, 6.07) is 9.76. The number of nitrogens with zero attached hydrogens (tertiary/aromatic N) is 1. The molecule has 0 aromatic heterocycles. The Balaban J connectivity index is 1.65. The maximum absolute atomic E-state index is 12.7. The third kappa shape index (κ3) is 3.16. The number of hydrogen-bond donors (Lipinski definition) is 0. The van der Waals surface area contributed by atoms with Crippen molar-refractivity contribution >= 4 is 12.0 Å². The van der Waals surface area contributed by atoms with Crippen LogP contribution in [0.2, 0.25) is 0 Å². The summed E-state index contributed by atoms with van der Waals surface area (Å²) >= 11 is 0. The standard InChI is InChI=1S/C18H23NO3/c1-13(10-14-8-5-9-14)17(20)19-16(12-22-18(19)21)11-15-6-3-2-4-7-15/h2-4,6-7,13-14,16H,5,8-12H2,1H3. The van der Waals surface area contributed by atoms with Crippen LogP contribution in [0.25, 0.3) is 0 Å². The smallest absolute Gasteiger partial charge is 0.416 e. The molecule has 0 radical (unpaired) electrons. The van der Waals surface area contributed by atoms with Gasteiger partial charge in [0.25, 0.3) is 0 Å². The molecule has 1 saturated heterocycles. The van der Waals surface area contributed by atoms with E-state index in [9.17, 15) is 9.59 Å². The zero-order valence-corrected chi connectivity index (χ0v) is 13.0. The van der Waals surface area contributed by atoms with Crippen molar-refractivity contribution in [3.63, 3.8) is 0 Å². The first-order valence-corrected chi connectivity index (χ1v) is 8.19. The highest BCUT2D eigenvalue weighted by molar-refractivity contribution is 5.94. The second-order valence-corrected chi connectivity index (χ2v) is 6.56. The van der Waals surface area contributed by atoms with Crippen LogP contribution in [-0.2, 0) is 16.0 Å². The first kappa shape index (κ1) is 15.1. The minimum absolute atomic E-state index is 0.0738. The molecule has 3 rings (SSSR count). The molecule has 2 amide bonds. The van der Waals surface area contributed by atoms with Gasteiger partial charge >= 0.3 is 6.09 Å². The SMILES string of the molecule is CC(CC1CCC1)C(=O)N1C(=O)OCC1Cc1ccccc1. The number of carbonyl (C=O) groups is 2. The Morgan fingerprint density at radius 1 is 1.32 bits per heavy atom. The van der Waals surface area contributed by atoms with Crippen LogP contribution in [0.5, 0.6) is 0 Å². The molecule has 4 heteroatoms. The Morgan fingerprint density at radius 3 is 2.68 bits per heavy atom. The lowest BCUT2D eigenvalue weighted by molar-refractivity contribution is -0.133. The maximum atomic E-state index is 12.7. The monoisotopic (exact) mass is 301 g/mol. The summed E-state index contributed by atoms with van der Waals surface area (Å²) in [4.78, 5) is 26.0. The zero-order chi connectivity index (χ0) is 15.5. The number of imide groups is 1. The first-order chi connectivity index (χ1) is 10.6. The van der Waals surface area contributed by atoms with Gasteiger partial charge in [-0.05, 0) is 24.3 Å². The van der Waals surface area contributed by atoms with Crippen molar-refractivity contribution in [2.75, 3.05) is 6.61 Å². The second kappa shape index (κ2) is 6.51. The van der Waals surface area contributed by atoms with Gasteiger partial charge in [0, 0.05) is 5.92 Å². The van der Waals surface area contributed by atoms with Crippen molar-refractivity contribution in [2.24, 2.45) is 11.8 Å². The van der Waals surface area contributed by atoms with E-state index in [1.54, 1.807) is 0 Å². The van der Waals surface area contributed by atoms with E-state index in [4.69, 9.17) is 4.74 Å². The molecule has 2 unspecified atom stereocenters. The van der Waals surface area contributed by atoms with Crippen molar-refractivity contribution in [1.82, 2.24) is 4.90 Å². The molecule has 2 atom stereocenters. The van der Waals surface area contributed by atoms with Crippen LogP contribution in [0.4, 0.5) is 4.79 Å². The van der Waals surface area contributed by atoms with E-state index in [-0.39, 0.29) is 17.9 Å². The van der Waals surface area contributed by atoms with E-state index < -0.39 is 6.09 Å². The van der Waals surface area contributed by atoms with Crippen LogP contribution in [0.3, 0.4) is 0 Å². The van der Waals surface area contributed by atoms with Gasteiger partial charge in [-0.2, -0.15) is 0 Å². The van der Waals surface area contributed by atoms with Gasteiger partial charge < -0.3 is 4.74 Å². The third-order valence-corrected chi connectivity index (χ3v) is 4.85. The number of benzene rings is 1. The van der Waals surface area contributed by atoms with Crippen LogP contribution >= 0.6 is 0 Å². The zero-order valence-electron chi connectivity index (χ0n) is 13.0. The van der Waals surface area contributed by atoms with Gasteiger partial charge in [-0.1, -0.05) is 56.5 Å². The molecule has 1 aliphatic carbocycles. The van der Waals surface area contributed by atoms with E-state index >= 15 is 0 Å². The van der Waals surface area contributed by atoms with Gasteiger partial charge in [-0.25, -0.2) is 9.69 Å². The predicted octanol–water partition coefficient (Wildman–Crippen LogP) is 3.40. The van der Waals surface area contributed by atoms with Crippen LogP contribution < -0.4 is 0 Å². The van der Waals surface area contributed by atoms with Crippen LogP contribution in [0, 0.1) is 11.8 Å². The Morgan fingerprint density at radius 2 is 2.05 bits per heavy atom. The molecule has 0 bridgehead atoms. The molecule has 1 aromatic carbocycles.